The van der Waals surface area contributed by atoms with Crippen molar-refractivity contribution < 1.29 is 4.79 Å². The smallest absolute Gasteiger partial charge is 0.228 e. The van der Waals surface area contributed by atoms with Crippen LogP contribution in [0.25, 0.3) is 0 Å². The summed E-state index contributed by atoms with van der Waals surface area (Å²) in [6, 6.07) is 16.6. The number of aromatic nitrogens is 2. The first-order chi connectivity index (χ1) is 12.2. The summed E-state index contributed by atoms with van der Waals surface area (Å²) < 4.78 is 0. The molecule has 0 fully saturated rings. The van der Waals surface area contributed by atoms with Gasteiger partial charge in [0, 0.05) is 11.2 Å². The third-order valence-electron chi connectivity index (χ3n) is 3.50. The van der Waals surface area contributed by atoms with Crippen LogP contribution in [0.4, 0.5) is 11.5 Å². The molecule has 0 saturated carbocycles. The van der Waals surface area contributed by atoms with E-state index in [2.05, 4.69) is 20.6 Å². The molecule has 2 aromatic heterocycles. The summed E-state index contributed by atoms with van der Waals surface area (Å²) in [5, 5.41) is 6.67. The van der Waals surface area contributed by atoms with Crippen molar-refractivity contribution in [3.05, 3.63) is 83.3 Å². The van der Waals surface area contributed by atoms with E-state index in [0.717, 1.165) is 17.1 Å². The number of carbonyl (C=O) groups excluding carboxylic acids is 1. The van der Waals surface area contributed by atoms with Gasteiger partial charge in [-0.3, -0.25) is 9.78 Å². The number of anilines is 2. The topological polar surface area (TPSA) is 66.9 Å². The molecular formula is C19H17ClN4O. The standard InChI is InChI=1S/C19H17ClN4O/c20-15-6-4-14(5-7-15)11-19(25)24-17-8-9-18(23-13-17)22-12-16-3-1-2-10-21-16/h1-10,13H,11-12H2,(H,22,23)(H,24,25). The molecule has 3 aromatic rings. The Morgan fingerprint density at radius 3 is 2.52 bits per heavy atom. The lowest BCUT2D eigenvalue weighted by atomic mass is 10.1. The Labute approximate surface area is 151 Å². The summed E-state index contributed by atoms with van der Waals surface area (Å²) in [6.45, 7) is 0.593. The number of benzene rings is 1. The zero-order chi connectivity index (χ0) is 17.5. The van der Waals surface area contributed by atoms with E-state index in [1.165, 1.54) is 0 Å². The molecule has 25 heavy (non-hydrogen) atoms. The van der Waals surface area contributed by atoms with Crippen molar-refractivity contribution in [2.45, 2.75) is 13.0 Å². The largest absolute Gasteiger partial charge is 0.364 e. The Hall–Kier alpha value is -2.92. The zero-order valence-electron chi connectivity index (χ0n) is 13.4. The number of rotatable bonds is 6. The van der Waals surface area contributed by atoms with Crippen LogP contribution >= 0.6 is 11.6 Å². The van der Waals surface area contributed by atoms with Gasteiger partial charge in [-0.1, -0.05) is 29.8 Å². The highest BCUT2D eigenvalue weighted by molar-refractivity contribution is 6.30. The quantitative estimate of drug-likeness (QED) is 0.705. The summed E-state index contributed by atoms with van der Waals surface area (Å²) in [7, 11) is 0. The second-order valence-electron chi connectivity index (χ2n) is 5.46. The van der Waals surface area contributed by atoms with Crippen molar-refractivity contribution in [1.29, 1.82) is 0 Å². The van der Waals surface area contributed by atoms with Crippen LogP contribution in [-0.2, 0) is 17.8 Å². The number of nitrogens with zero attached hydrogens (tertiary/aromatic N) is 2. The van der Waals surface area contributed by atoms with Crippen molar-refractivity contribution in [2.75, 3.05) is 10.6 Å². The molecule has 3 rings (SSSR count). The highest BCUT2D eigenvalue weighted by atomic mass is 35.5. The Bertz CT molecular complexity index is 820. The number of nitrogens with one attached hydrogen (secondary N) is 2. The fraction of sp³-hybridized carbons (Fsp3) is 0.105. The summed E-state index contributed by atoms with van der Waals surface area (Å²) in [5.74, 6) is 0.625. The van der Waals surface area contributed by atoms with Crippen molar-refractivity contribution in [2.24, 2.45) is 0 Å². The van der Waals surface area contributed by atoms with E-state index in [1.54, 1.807) is 24.5 Å². The molecule has 1 amide bonds. The molecule has 0 atom stereocenters. The summed E-state index contributed by atoms with van der Waals surface area (Å²) in [6.07, 6.45) is 3.67. The molecule has 2 N–H and O–H groups in total. The van der Waals surface area contributed by atoms with E-state index in [1.807, 2.05) is 42.5 Å². The average Bonchev–Trinajstić information content (AvgIpc) is 2.64. The Kier molecular flexibility index (Phi) is 5.59. The highest BCUT2D eigenvalue weighted by Gasteiger charge is 2.05. The van der Waals surface area contributed by atoms with Crippen LogP contribution in [0.5, 0.6) is 0 Å². The lowest BCUT2D eigenvalue weighted by Gasteiger charge is -2.08. The Morgan fingerprint density at radius 1 is 1.00 bits per heavy atom. The van der Waals surface area contributed by atoms with Crippen LogP contribution in [-0.4, -0.2) is 15.9 Å². The third-order valence-corrected chi connectivity index (χ3v) is 3.75. The van der Waals surface area contributed by atoms with Gasteiger partial charge in [0.1, 0.15) is 5.82 Å². The van der Waals surface area contributed by atoms with Crippen molar-refractivity contribution in [3.8, 4) is 0 Å². The minimum absolute atomic E-state index is 0.0988. The van der Waals surface area contributed by atoms with Gasteiger partial charge in [-0.15, -0.1) is 0 Å². The molecule has 0 aliphatic carbocycles. The fourth-order valence-electron chi connectivity index (χ4n) is 2.25. The first kappa shape index (κ1) is 16.9. The number of amides is 1. The summed E-state index contributed by atoms with van der Waals surface area (Å²) >= 11 is 5.84. The Balaban J connectivity index is 1.51. The van der Waals surface area contributed by atoms with Gasteiger partial charge in [0.25, 0.3) is 0 Å². The molecule has 0 saturated heterocycles. The molecule has 0 radical (unpaired) electrons. The molecule has 5 nitrogen and oxygen atoms in total. The molecule has 2 heterocycles. The van der Waals surface area contributed by atoms with Crippen LogP contribution in [0, 0.1) is 0 Å². The van der Waals surface area contributed by atoms with Crippen LogP contribution in [0.15, 0.2) is 67.0 Å². The number of hydrogen-bond donors (Lipinski definition) is 2. The van der Waals surface area contributed by atoms with Crippen molar-refractivity contribution in [1.82, 2.24) is 9.97 Å². The molecule has 6 heteroatoms. The second kappa shape index (κ2) is 8.26. The molecule has 0 unspecified atom stereocenters. The van der Waals surface area contributed by atoms with Crippen LogP contribution < -0.4 is 10.6 Å². The SMILES string of the molecule is O=C(Cc1ccc(Cl)cc1)Nc1ccc(NCc2ccccn2)nc1. The molecule has 0 spiro atoms. The van der Waals surface area contributed by atoms with E-state index in [-0.39, 0.29) is 12.3 Å². The average molecular weight is 353 g/mol. The predicted octanol–water partition coefficient (Wildman–Crippen LogP) is 3.92. The van der Waals surface area contributed by atoms with E-state index in [4.69, 9.17) is 11.6 Å². The van der Waals surface area contributed by atoms with Gasteiger partial charge in [-0.25, -0.2) is 4.98 Å². The number of hydrogen-bond acceptors (Lipinski definition) is 4. The van der Waals surface area contributed by atoms with Gasteiger partial charge < -0.3 is 10.6 Å². The van der Waals surface area contributed by atoms with Crippen LogP contribution in [0.3, 0.4) is 0 Å². The summed E-state index contributed by atoms with van der Waals surface area (Å²) in [4.78, 5) is 20.6. The van der Waals surface area contributed by atoms with E-state index in [0.29, 0.717) is 17.3 Å². The lowest BCUT2D eigenvalue weighted by Crippen LogP contribution is -2.14. The maximum Gasteiger partial charge on any atom is 0.228 e. The van der Waals surface area contributed by atoms with Gasteiger partial charge in [0.2, 0.25) is 5.91 Å². The number of pyridine rings is 2. The van der Waals surface area contributed by atoms with E-state index < -0.39 is 0 Å². The monoisotopic (exact) mass is 352 g/mol. The number of carbonyl (C=O) groups is 1. The molecule has 0 aliphatic heterocycles. The predicted molar refractivity (Wildman–Crippen MR) is 99.6 cm³/mol. The molecule has 0 aliphatic rings. The Morgan fingerprint density at radius 2 is 1.84 bits per heavy atom. The van der Waals surface area contributed by atoms with Crippen LogP contribution in [0.2, 0.25) is 5.02 Å². The minimum atomic E-state index is -0.0988. The van der Waals surface area contributed by atoms with Gasteiger partial charge in [0.15, 0.2) is 0 Å². The minimum Gasteiger partial charge on any atom is -0.364 e. The van der Waals surface area contributed by atoms with Gasteiger partial charge in [-0.05, 0) is 42.0 Å². The first-order valence-electron chi connectivity index (χ1n) is 7.83. The molecule has 0 bridgehead atoms. The normalized spacial score (nSPS) is 10.3. The fourth-order valence-corrected chi connectivity index (χ4v) is 2.38. The second-order valence-corrected chi connectivity index (χ2v) is 5.89. The van der Waals surface area contributed by atoms with Gasteiger partial charge >= 0.3 is 0 Å². The maximum atomic E-state index is 12.1. The van der Waals surface area contributed by atoms with Crippen molar-refractivity contribution in [3.63, 3.8) is 0 Å². The highest BCUT2D eigenvalue weighted by Crippen LogP contribution is 2.13. The molecular weight excluding hydrogens is 336 g/mol. The van der Waals surface area contributed by atoms with Crippen molar-refractivity contribution >= 4 is 29.0 Å². The van der Waals surface area contributed by atoms with E-state index in [9.17, 15) is 4.79 Å². The summed E-state index contributed by atoms with van der Waals surface area (Å²) in [5.41, 5.74) is 2.50. The molecule has 1 aromatic carbocycles. The molecule has 126 valence electrons. The van der Waals surface area contributed by atoms with Gasteiger partial charge in [0.05, 0.1) is 30.5 Å². The maximum absolute atomic E-state index is 12.1. The first-order valence-corrected chi connectivity index (χ1v) is 8.21. The zero-order valence-corrected chi connectivity index (χ0v) is 14.2. The number of halogens is 1. The lowest BCUT2D eigenvalue weighted by molar-refractivity contribution is -0.115. The van der Waals surface area contributed by atoms with Crippen LogP contribution in [0.1, 0.15) is 11.3 Å². The van der Waals surface area contributed by atoms with Gasteiger partial charge in [-0.2, -0.15) is 0 Å². The van der Waals surface area contributed by atoms with E-state index >= 15 is 0 Å². The third kappa shape index (κ3) is 5.29.